The van der Waals surface area contributed by atoms with Crippen molar-refractivity contribution in [2.24, 2.45) is 0 Å². The van der Waals surface area contributed by atoms with Crippen LogP contribution in [0.1, 0.15) is 30.2 Å². The molecule has 0 saturated carbocycles. The molecule has 2 rings (SSSR count). The lowest BCUT2D eigenvalue weighted by Crippen LogP contribution is -2.25. The van der Waals surface area contributed by atoms with Crippen molar-refractivity contribution in [1.29, 1.82) is 0 Å². The number of hydrogen-bond acceptors (Lipinski definition) is 4. The van der Waals surface area contributed by atoms with Gasteiger partial charge in [0.2, 0.25) is 0 Å². The van der Waals surface area contributed by atoms with Crippen molar-refractivity contribution in [3.8, 4) is 11.5 Å². The zero-order valence-electron chi connectivity index (χ0n) is 13.2. The van der Waals surface area contributed by atoms with E-state index < -0.39 is 6.10 Å². The average Bonchev–Trinajstić information content (AvgIpc) is 2.59. The fraction of sp³-hybridized carbons (Fsp3) is 0.333. The molecule has 2 aromatic rings. The summed E-state index contributed by atoms with van der Waals surface area (Å²) in [6, 6.07) is 15.7. The molecule has 2 aromatic carbocycles. The van der Waals surface area contributed by atoms with Crippen molar-refractivity contribution >= 4 is 0 Å². The molecule has 0 aliphatic rings. The molecule has 2 atom stereocenters. The summed E-state index contributed by atoms with van der Waals surface area (Å²) in [6.07, 6.45) is -0.670. The first-order chi connectivity index (χ1) is 10.7. The number of ether oxygens (including phenoxy) is 2. The number of benzene rings is 2. The third-order valence-electron chi connectivity index (χ3n) is 3.71. The highest BCUT2D eigenvalue weighted by Gasteiger charge is 2.15. The summed E-state index contributed by atoms with van der Waals surface area (Å²) in [4.78, 5) is 0. The Bertz CT molecular complexity index is 586. The molecule has 0 aromatic heterocycles. The van der Waals surface area contributed by atoms with Crippen LogP contribution in [0.15, 0.2) is 48.5 Å². The van der Waals surface area contributed by atoms with Crippen LogP contribution in [0.2, 0.25) is 0 Å². The van der Waals surface area contributed by atoms with E-state index in [1.807, 2.05) is 24.3 Å². The van der Waals surface area contributed by atoms with Gasteiger partial charge in [0.1, 0.15) is 11.5 Å². The van der Waals surface area contributed by atoms with Crippen molar-refractivity contribution in [2.75, 3.05) is 20.8 Å². The Morgan fingerprint density at radius 2 is 1.77 bits per heavy atom. The monoisotopic (exact) mass is 301 g/mol. The Morgan fingerprint density at radius 1 is 1.05 bits per heavy atom. The molecule has 4 nitrogen and oxygen atoms in total. The second-order valence-corrected chi connectivity index (χ2v) is 5.16. The van der Waals surface area contributed by atoms with E-state index in [1.54, 1.807) is 26.4 Å². The summed E-state index contributed by atoms with van der Waals surface area (Å²) in [5, 5.41) is 13.8. The molecule has 0 amide bonds. The standard InChI is InChI=1S/C18H23NO3/c1-13(14-7-5-4-6-8-14)19-12-17(20)16-11-15(21-2)9-10-18(16)22-3/h4-11,13,17,19-20H,12H2,1-3H3. The van der Waals surface area contributed by atoms with Crippen molar-refractivity contribution in [1.82, 2.24) is 5.32 Å². The summed E-state index contributed by atoms with van der Waals surface area (Å²) < 4.78 is 10.5. The normalized spacial score (nSPS) is 13.5. The first-order valence-corrected chi connectivity index (χ1v) is 7.34. The van der Waals surface area contributed by atoms with Crippen LogP contribution in [-0.2, 0) is 0 Å². The minimum atomic E-state index is -0.670. The third-order valence-corrected chi connectivity index (χ3v) is 3.71. The fourth-order valence-electron chi connectivity index (χ4n) is 2.36. The molecule has 0 fully saturated rings. The van der Waals surface area contributed by atoms with Crippen molar-refractivity contribution in [3.05, 3.63) is 59.7 Å². The lowest BCUT2D eigenvalue weighted by Gasteiger charge is -2.19. The highest BCUT2D eigenvalue weighted by atomic mass is 16.5. The first kappa shape index (κ1) is 16.3. The highest BCUT2D eigenvalue weighted by molar-refractivity contribution is 5.41. The van der Waals surface area contributed by atoms with E-state index >= 15 is 0 Å². The van der Waals surface area contributed by atoms with Gasteiger partial charge in [-0.3, -0.25) is 0 Å². The van der Waals surface area contributed by atoms with Gasteiger partial charge < -0.3 is 19.9 Å². The van der Waals surface area contributed by atoms with Gasteiger partial charge in [0, 0.05) is 18.2 Å². The molecular weight excluding hydrogens is 278 g/mol. The topological polar surface area (TPSA) is 50.7 Å². The minimum absolute atomic E-state index is 0.160. The van der Waals surface area contributed by atoms with E-state index in [-0.39, 0.29) is 6.04 Å². The second kappa shape index (κ2) is 7.82. The van der Waals surface area contributed by atoms with Crippen molar-refractivity contribution in [2.45, 2.75) is 19.1 Å². The quantitative estimate of drug-likeness (QED) is 0.825. The molecule has 118 valence electrons. The van der Waals surface area contributed by atoms with Crippen LogP contribution in [0.5, 0.6) is 11.5 Å². The SMILES string of the molecule is COc1ccc(OC)c(C(O)CNC(C)c2ccccc2)c1. The highest BCUT2D eigenvalue weighted by Crippen LogP contribution is 2.29. The maximum absolute atomic E-state index is 10.5. The van der Waals surface area contributed by atoms with Crippen LogP contribution in [-0.4, -0.2) is 25.9 Å². The summed E-state index contributed by atoms with van der Waals surface area (Å²) in [6.45, 7) is 2.50. The zero-order chi connectivity index (χ0) is 15.9. The molecule has 0 heterocycles. The van der Waals surface area contributed by atoms with Crippen LogP contribution in [0.25, 0.3) is 0 Å². The van der Waals surface area contributed by atoms with E-state index in [2.05, 4.69) is 24.4 Å². The smallest absolute Gasteiger partial charge is 0.124 e. The van der Waals surface area contributed by atoms with Gasteiger partial charge in [0.05, 0.1) is 20.3 Å². The number of methoxy groups -OCH3 is 2. The van der Waals surface area contributed by atoms with Gasteiger partial charge >= 0.3 is 0 Å². The Hall–Kier alpha value is -2.04. The second-order valence-electron chi connectivity index (χ2n) is 5.16. The molecular formula is C18H23NO3. The lowest BCUT2D eigenvalue weighted by molar-refractivity contribution is 0.166. The molecule has 0 spiro atoms. The molecule has 0 bridgehead atoms. The molecule has 0 saturated heterocycles. The molecule has 0 radical (unpaired) electrons. The van der Waals surface area contributed by atoms with E-state index in [9.17, 15) is 5.11 Å². The van der Waals surface area contributed by atoms with Gasteiger partial charge in [-0.05, 0) is 30.7 Å². The molecule has 2 N–H and O–H groups in total. The summed E-state index contributed by atoms with van der Waals surface area (Å²) in [5.41, 5.74) is 1.90. The maximum atomic E-state index is 10.5. The number of hydrogen-bond donors (Lipinski definition) is 2. The Morgan fingerprint density at radius 3 is 2.41 bits per heavy atom. The molecule has 0 aliphatic heterocycles. The fourth-order valence-corrected chi connectivity index (χ4v) is 2.36. The van der Waals surface area contributed by atoms with E-state index in [0.717, 1.165) is 5.56 Å². The van der Waals surface area contributed by atoms with Crippen LogP contribution in [0, 0.1) is 0 Å². The summed E-state index contributed by atoms with van der Waals surface area (Å²) >= 11 is 0. The van der Waals surface area contributed by atoms with Crippen molar-refractivity contribution < 1.29 is 14.6 Å². The lowest BCUT2D eigenvalue weighted by atomic mass is 10.1. The van der Waals surface area contributed by atoms with Gasteiger partial charge in [-0.2, -0.15) is 0 Å². The van der Waals surface area contributed by atoms with Crippen LogP contribution in [0.4, 0.5) is 0 Å². The van der Waals surface area contributed by atoms with Crippen molar-refractivity contribution in [3.63, 3.8) is 0 Å². The molecule has 2 unspecified atom stereocenters. The minimum Gasteiger partial charge on any atom is -0.497 e. The van der Waals surface area contributed by atoms with Crippen LogP contribution >= 0.6 is 0 Å². The predicted molar refractivity (Wildman–Crippen MR) is 87.4 cm³/mol. The van der Waals surface area contributed by atoms with E-state index in [4.69, 9.17) is 9.47 Å². The summed E-state index contributed by atoms with van der Waals surface area (Å²) in [5.74, 6) is 1.36. The Balaban J connectivity index is 2.04. The van der Waals surface area contributed by atoms with Gasteiger partial charge in [0.25, 0.3) is 0 Å². The predicted octanol–water partition coefficient (Wildman–Crippen LogP) is 3.09. The van der Waals surface area contributed by atoms with Crippen LogP contribution in [0.3, 0.4) is 0 Å². The zero-order valence-corrected chi connectivity index (χ0v) is 13.2. The van der Waals surface area contributed by atoms with Crippen LogP contribution < -0.4 is 14.8 Å². The molecule has 22 heavy (non-hydrogen) atoms. The van der Waals surface area contributed by atoms with Gasteiger partial charge in [-0.25, -0.2) is 0 Å². The van der Waals surface area contributed by atoms with Gasteiger partial charge in [0.15, 0.2) is 0 Å². The van der Waals surface area contributed by atoms with E-state index in [1.165, 1.54) is 5.56 Å². The van der Waals surface area contributed by atoms with E-state index in [0.29, 0.717) is 18.0 Å². The number of nitrogens with one attached hydrogen (secondary N) is 1. The van der Waals surface area contributed by atoms with Gasteiger partial charge in [-0.1, -0.05) is 30.3 Å². The maximum Gasteiger partial charge on any atom is 0.124 e. The third kappa shape index (κ3) is 4.00. The Kier molecular flexibility index (Phi) is 5.81. The number of aliphatic hydroxyl groups is 1. The van der Waals surface area contributed by atoms with Gasteiger partial charge in [-0.15, -0.1) is 0 Å². The number of aliphatic hydroxyl groups excluding tert-OH is 1. The summed E-state index contributed by atoms with van der Waals surface area (Å²) in [7, 11) is 3.20. The first-order valence-electron chi connectivity index (χ1n) is 7.34. The molecule has 4 heteroatoms. The Labute approximate surface area is 131 Å². The average molecular weight is 301 g/mol. The largest absolute Gasteiger partial charge is 0.497 e. The number of rotatable bonds is 7. The molecule has 0 aliphatic carbocycles.